The molecule has 6 heteroatoms. The Kier molecular flexibility index (Phi) is 4.54. The van der Waals surface area contributed by atoms with Gasteiger partial charge in [0.2, 0.25) is 0 Å². The molecular weight excluding hydrogens is 302 g/mol. The predicted octanol–water partition coefficient (Wildman–Crippen LogP) is 4.56. The number of nitrogens with two attached hydrogens (primary N) is 1. The van der Waals surface area contributed by atoms with Crippen molar-refractivity contribution in [1.29, 1.82) is 0 Å². The Morgan fingerprint density at radius 3 is 2.22 bits per heavy atom. The Bertz CT molecular complexity index is 740. The van der Waals surface area contributed by atoms with Crippen LogP contribution in [0, 0.1) is 11.6 Å². The minimum atomic E-state index is -0.933. The van der Waals surface area contributed by atoms with Crippen molar-refractivity contribution in [2.24, 2.45) is 0 Å². The lowest BCUT2D eigenvalue weighted by atomic mass is 10.0. The highest BCUT2D eigenvalue weighted by atomic mass is 19.2. The van der Waals surface area contributed by atoms with Gasteiger partial charge in [-0.15, -0.1) is 0 Å². The van der Waals surface area contributed by atoms with Crippen molar-refractivity contribution in [3.8, 4) is 11.1 Å². The van der Waals surface area contributed by atoms with E-state index in [1.54, 1.807) is 39.0 Å². The third-order valence-electron chi connectivity index (χ3n) is 2.94. The van der Waals surface area contributed by atoms with Crippen LogP contribution in [0.4, 0.5) is 25.0 Å². The van der Waals surface area contributed by atoms with Crippen molar-refractivity contribution in [3.05, 3.63) is 48.0 Å². The molecule has 0 saturated heterocycles. The molecule has 0 aliphatic heterocycles. The number of carbonyl (C=O) groups excluding carboxylic acids is 1. The number of halogens is 2. The largest absolute Gasteiger partial charge is 0.444 e. The molecule has 0 spiro atoms. The first kappa shape index (κ1) is 16.7. The molecule has 0 aromatic heterocycles. The SMILES string of the molecule is CC(C)(C)OC(=O)Nc1ccc(-c2ccc(F)c(F)c2)cc1N. The molecule has 2 rings (SSSR count). The van der Waals surface area contributed by atoms with Crippen molar-refractivity contribution in [2.75, 3.05) is 11.1 Å². The quantitative estimate of drug-likeness (QED) is 0.797. The van der Waals surface area contributed by atoms with Crippen molar-refractivity contribution >= 4 is 17.5 Å². The van der Waals surface area contributed by atoms with Gasteiger partial charge in [0, 0.05) is 0 Å². The number of rotatable bonds is 2. The monoisotopic (exact) mass is 320 g/mol. The van der Waals surface area contributed by atoms with E-state index in [1.807, 2.05) is 0 Å². The second kappa shape index (κ2) is 6.24. The van der Waals surface area contributed by atoms with Gasteiger partial charge < -0.3 is 10.5 Å². The number of carbonyl (C=O) groups is 1. The zero-order chi connectivity index (χ0) is 17.2. The van der Waals surface area contributed by atoms with Crippen molar-refractivity contribution < 1.29 is 18.3 Å². The van der Waals surface area contributed by atoms with Gasteiger partial charge in [-0.05, 0) is 56.2 Å². The highest BCUT2D eigenvalue weighted by Crippen LogP contribution is 2.28. The maximum atomic E-state index is 13.3. The summed E-state index contributed by atoms with van der Waals surface area (Å²) in [4.78, 5) is 11.7. The van der Waals surface area contributed by atoms with E-state index in [9.17, 15) is 13.6 Å². The molecule has 2 aromatic carbocycles. The fourth-order valence-electron chi connectivity index (χ4n) is 1.95. The lowest BCUT2D eigenvalue weighted by Gasteiger charge is -2.20. The minimum Gasteiger partial charge on any atom is -0.444 e. The van der Waals surface area contributed by atoms with E-state index in [0.717, 1.165) is 12.1 Å². The summed E-state index contributed by atoms with van der Waals surface area (Å²) in [6.07, 6.45) is -0.621. The number of nitrogen functional groups attached to an aromatic ring is 1. The third-order valence-corrected chi connectivity index (χ3v) is 2.94. The average molecular weight is 320 g/mol. The number of benzene rings is 2. The number of hydrogen-bond acceptors (Lipinski definition) is 3. The van der Waals surface area contributed by atoms with E-state index in [-0.39, 0.29) is 5.69 Å². The molecule has 0 atom stereocenters. The molecule has 4 nitrogen and oxygen atoms in total. The summed E-state index contributed by atoms with van der Waals surface area (Å²) >= 11 is 0. The lowest BCUT2D eigenvalue weighted by Crippen LogP contribution is -2.27. The normalized spacial score (nSPS) is 11.2. The number of amides is 1. The second-order valence-corrected chi connectivity index (χ2v) is 6.06. The maximum absolute atomic E-state index is 13.3. The van der Waals surface area contributed by atoms with Crippen molar-refractivity contribution in [1.82, 2.24) is 0 Å². The molecule has 0 radical (unpaired) electrons. The van der Waals surface area contributed by atoms with E-state index in [2.05, 4.69) is 5.32 Å². The summed E-state index contributed by atoms with van der Waals surface area (Å²) in [5.74, 6) is -1.85. The molecular formula is C17H18F2N2O2. The van der Waals surface area contributed by atoms with Crippen molar-refractivity contribution in [3.63, 3.8) is 0 Å². The molecule has 3 N–H and O–H groups in total. The van der Waals surface area contributed by atoms with Crippen LogP contribution in [0.2, 0.25) is 0 Å². The topological polar surface area (TPSA) is 64.3 Å². The Morgan fingerprint density at radius 1 is 1.04 bits per heavy atom. The fraction of sp³-hybridized carbons (Fsp3) is 0.235. The highest BCUT2D eigenvalue weighted by molar-refractivity contribution is 5.90. The van der Waals surface area contributed by atoms with Crippen LogP contribution in [-0.4, -0.2) is 11.7 Å². The van der Waals surface area contributed by atoms with Crippen LogP contribution < -0.4 is 11.1 Å². The van der Waals surface area contributed by atoms with Gasteiger partial charge in [0.1, 0.15) is 5.60 Å². The van der Waals surface area contributed by atoms with Crippen LogP contribution in [0.5, 0.6) is 0 Å². The molecule has 0 fully saturated rings. The summed E-state index contributed by atoms with van der Waals surface area (Å²) in [5, 5.41) is 2.55. The van der Waals surface area contributed by atoms with E-state index in [0.29, 0.717) is 16.8 Å². The van der Waals surface area contributed by atoms with Crippen LogP contribution in [-0.2, 0) is 4.74 Å². The van der Waals surface area contributed by atoms with Crippen LogP contribution in [0.25, 0.3) is 11.1 Å². The minimum absolute atomic E-state index is 0.290. The molecule has 2 aromatic rings. The van der Waals surface area contributed by atoms with E-state index >= 15 is 0 Å². The van der Waals surface area contributed by atoms with Crippen LogP contribution in [0.15, 0.2) is 36.4 Å². The van der Waals surface area contributed by atoms with Crippen LogP contribution >= 0.6 is 0 Å². The Balaban J connectivity index is 2.20. The van der Waals surface area contributed by atoms with Gasteiger partial charge in [-0.3, -0.25) is 5.32 Å². The second-order valence-electron chi connectivity index (χ2n) is 6.06. The van der Waals surface area contributed by atoms with Gasteiger partial charge in [-0.25, -0.2) is 13.6 Å². The molecule has 0 aliphatic carbocycles. The van der Waals surface area contributed by atoms with Gasteiger partial charge in [0.25, 0.3) is 0 Å². The first-order valence-electron chi connectivity index (χ1n) is 7.01. The first-order valence-corrected chi connectivity index (χ1v) is 7.01. The van der Waals surface area contributed by atoms with Crippen LogP contribution in [0.3, 0.4) is 0 Å². The zero-order valence-electron chi connectivity index (χ0n) is 13.1. The van der Waals surface area contributed by atoms with E-state index in [4.69, 9.17) is 10.5 Å². The summed E-state index contributed by atoms with van der Waals surface area (Å²) in [6.45, 7) is 5.26. The number of anilines is 2. The molecule has 0 bridgehead atoms. The average Bonchev–Trinajstić information content (AvgIpc) is 2.42. The summed E-state index contributed by atoms with van der Waals surface area (Å²) in [5.41, 5.74) is 7.04. The van der Waals surface area contributed by atoms with Gasteiger partial charge >= 0.3 is 6.09 Å². The lowest BCUT2D eigenvalue weighted by molar-refractivity contribution is 0.0636. The highest BCUT2D eigenvalue weighted by Gasteiger charge is 2.17. The summed E-state index contributed by atoms with van der Waals surface area (Å²) in [6, 6.07) is 8.39. The smallest absolute Gasteiger partial charge is 0.412 e. The van der Waals surface area contributed by atoms with E-state index < -0.39 is 23.3 Å². The Hall–Kier alpha value is -2.63. The van der Waals surface area contributed by atoms with Crippen molar-refractivity contribution in [2.45, 2.75) is 26.4 Å². The first-order chi connectivity index (χ1) is 10.7. The Labute approximate surface area is 133 Å². The number of nitrogens with one attached hydrogen (secondary N) is 1. The molecule has 122 valence electrons. The van der Waals surface area contributed by atoms with Gasteiger partial charge in [0.05, 0.1) is 11.4 Å². The molecule has 0 saturated carbocycles. The molecule has 0 unspecified atom stereocenters. The summed E-state index contributed by atoms with van der Waals surface area (Å²) in [7, 11) is 0. The maximum Gasteiger partial charge on any atom is 0.412 e. The fourth-order valence-corrected chi connectivity index (χ4v) is 1.95. The summed E-state index contributed by atoms with van der Waals surface area (Å²) < 4.78 is 31.4. The predicted molar refractivity (Wildman–Crippen MR) is 86.1 cm³/mol. The van der Waals surface area contributed by atoms with Crippen LogP contribution in [0.1, 0.15) is 20.8 Å². The number of ether oxygens (including phenoxy) is 1. The number of hydrogen-bond donors (Lipinski definition) is 2. The Morgan fingerprint density at radius 2 is 1.65 bits per heavy atom. The standard InChI is InChI=1S/C17H18F2N2O2/c1-17(2,3)23-16(22)21-15-7-5-11(9-14(15)20)10-4-6-12(18)13(19)8-10/h4-9H,20H2,1-3H3,(H,21,22). The molecule has 0 heterocycles. The van der Waals surface area contributed by atoms with Gasteiger partial charge in [-0.1, -0.05) is 12.1 Å². The molecule has 23 heavy (non-hydrogen) atoms. The zero-order valence-corrected chi connectivity index (χ0v) is 13.1. The third kappa shape index (κ3) is 4.42. The molecule has 1 amide bonds. The van der Waals surface area contributed by atoms with E-state index in [1.165, 1.54) is 6.07 Å². The van der Waals surface area contributed by atoms with Gasteiger partial charge in [-0.2, -0.15) is 0 Å². The molecule has 0 aliphatic rings. The van der Waals surface area contributed by atoms with Gasteiger partial charge in [0.15, 0.2) is 11.6 Å².